The first-order valence-electron chi connectivity index (χ1n) is 18.1. The molecule has 4 aromatic carbocycles. The van der Waals surface area contributed by atoms with Crippen LogP contribution in [0.2, 0.25) is 0 Å². The summed E-state index contributed by atoms with van der Waals surface area (Å²) in [7, 11) is 0. The van der Waals surface area contributed by atoms with Gasteiger partial charge in [-0.1, -0.05) is 68.8 Å². The van der Waals surface area contributed by atoms with Gasteiger partial charge in [0.1, 0.15) is 12.8 Å². The number of carbonyl (C=O) groups is 4. The average molecular weight is 691 g/mol. The maximum atomic E-state index is 13.8. The molecule has 1 fully saturated rings. The Labute approximate surface area is 300 Å². The number of rotatable bonds is 14. The zero-order chi connectivity index (χ0) is 36.6. The number of esters is 1. The Balaban J connectivity index is 1.27. The molecule has 8 heteroatoms. The first-order chi connectivity index (χ1) is 24.4. The molecule has 2 amide bonds. The molecule has 1 aliphatic carbocycles. The van der Waals surface area contributed by atoms with E-state index in [4.69, 9.17) is 4.74 Å². The van der Waals surface area contributed by atoms with Crippen molar-refractivity contribution in [2.75, 3.05) is 12.0 Å². The summed E-state index contributed by atoms with van der Waals surface area (Å²) in [4.78, 5) is 53.5. The van der Waals surface area contributed by atoms with Crippen LogP contribution < -0.4 is 10.6 Å². The van der Waals surface area contributed by atoms with Crippen LogP contribution in [0.3, 0.4) is 0 Å². The van der Waals surface area contributed by atoms with E-state index in [9.17, 15) is 24.3 Å². The number of fused-ring (bicyclic) bond motifs is 2. The highest BCUT2D eigenvalue weighted by atomic mass is 16.5. The minimum Gasteiger partial charge on any atom is -0.462 e. The van der Waals surface area contributed by atoms with Gasteiger partial charge >= 0.3 is 5.97 Å². The lowest BCUT2D eigenvalue weighted by Crippen LogP contribution is -2.43. The summed E-state index contributed by atoms with van der Waals surface area (Å²) < 4.78 is 5.85. The van der Waals surface area contributed by atoms with Crippen molar-refractivity contribution in [1.29, 1.82) is 0 Å². The molecule has 0 aromatic heterocycles. The molecule has 268 valence electrons. The van der Waals surface area contributed by atoms with Gasteiger partial charge in [-0.25, -0.2) is 0 Å². The summed E-state index contributed by atoms with van der Waals surface area (Å²) in [5.41, 5.74) is 0.0370. The molecule has 0 saturated heterocycles. The fraction of sp³-hybridized carbons (Fsp3) is 0.395. The van der Waals surface area contributed by atoms with E-state index >= 15 is 0 Å². The Kier molecular flexibility index (Phi) is 12.1. The first kappa shape index (κ1) is 37.4. The van der Waals surface area contributed by atoms with E-state index in [2.05, 4.69) is 41.0 Å². The van der Waals surface area contributed by atoms with Gasteiger partial charge < -0.3 is 20.5 Å². The molecular weight excluding hydrogens is 640 g/mol. The van der Waals surface area contributed by atoms with Gasteiger partial charge in [0.2, 0.25) is 11.8 Å². The molecule has 0 bridgehead atoms. The van der Waals surface area contributed by atoms with Crippen molar-refractivity contribution in [1.82, 2.24) is 5.32 Å². The molecule has 1 saturated carbocycles. The lowest BCUT2D eigenvalue weighted by atomic mass is 9.72. The third-order valence-electron chi connectivity index (χ3n) is 10.4. The van der Waals surface area contributed by atoms with Crippen molar-refractivity contribution in [3.8, 4) is 0 Å². The zero-order valence-corrected chi connectivity index (χ0v) is 30.2. The molecule has 0 spiro atoms. The smallest absolute Gasteiger partial charge is 0.311 e. The average Bonchev–Trinajstić information content (AvgIpc) is 3.13. The maximum Gasteiger partial charge on any atom is 0.311 e. The Morgan fingerprint density at radius 1 is 0.863 bits per heavy atom. The molecule has 0 aliphatic heterocycles. The SMILES string of the molecule is CCC(C)(CC(CC(C)(C)C(=O)OC1CCCCC1)C(=O)NCO)C(=O)Nc1ccc(C(=O)C=Cc2c3ccccc3cc3ccccc23)cc1. The minimum absolute atomic E-state index is 0.107. The lowest BCUT2D eigenvalue weighted by Gasteiger charge is -2.34. The molecule has 2 atom stereocenters. The largest absolute Gasteiger partial charge is 0.462 e. The standard InChI is InChI=1S/C43H50N2O6/c1-5-43(4,27-32(39(48)44-28-46)26-42(2,3)41(50)51-34-15-7-6-8-16-34)40(49)45-33-21-19-29(20-22-33)38(47)24-23-37-35-17-11-9-13-30(35)25-31-14-10-12-18-36(31)37/h9-14,17-25,32,34,46H,5-8,15-16,26-28H2,1-4H3,(H,44,48)(H,45,49). The van der Waals surface area contributed by atoms with Crippen LogP contribution in [0.1, 0.15) is 95.0 Å². The number of aliphatic hydroxyl groups excluding tert-OH is 1. The van der Waals surface area contributed by atoms with E-state index in [0.29, 0.717) is 17.7 Å². The number of amides is 2. The summed E-state index contributed by atoms with van der Waals surface area (Å²) in [6.07, 6.45) is 8.99. The van der Waals surface area contributed by atoms with Gasteiger partial charge in [-0.3, -0.25) is 19.2 Å². The van der Waals surface area contributed by atoms with Gasteiger partial charge in [0.05, 0.1) is 5.41 Å². The number of carbonyl (C=O) groups excluding carboxylic acids is 4. The predicted molar refractivity (Wildman–Crippen MR) is 203 cm³/mol. The Bertz CT molecular complexity index is 1850. The van der Waals surface area contributed by atoms with Gasteiger partial charge in [-0.05, 0) is 128 Å². The molecule has 2 unspecified atom stereocenters. The van der Waals surface area contributed by atoms with Crippen LogP contribution in [0.5, 0.6) is 0 Å². The molecule has 3 N–H and O–H groups in total. The van der Waals surface area contributed by atoms with Crippen molar-refractivity contribution in [3.63, 3.8) is 0 Å². The second-order valence-electron chi connectivity index (χ2n) is 14.7. The third kappa shape index (κ3) is 9.11. The van der Waals surface area contributed by atoms with E-state index in [-0.39, 0.29) is 36.6 Å². The Morgan fingerprint density at radius 3 is 2.06 bits per heavy atom. The van der Waals surface area contributed by atoms with Crippen molar-refractivity contribution < 1.29 is 29.0 Å². The predicted octanol–water partition coefficient (Wildman–Crippen LogP) is 8.61. The van der Waals surface area contributed by atoms with Crippen LogP contribution >= 0.6 is 0 Å². The molecule has 8 nitrogen and oxygen atoms in total. The summed E-state index contributed by atoms with van der Waals surface area (Å²) in [5, 5.41) is 19.3. The summed E-state index contributed by atoms with van der Waals surface area (Å²) >= 11 is 0. The quantitative estimate of drug-likeness (QED) is 0.0401. The molecule has 0 radical (unpaired) electrons. The third-order valence-corrected chi connectivity index (χ3v) is 10.4. The highest BCUT2D eigenvalue weighted by Crippen LogP contribution is 2.38. The summed E-state index contributed by atoms with van der Waals surface area (Å²) in [6.45, 7) is 6.67. The number of hydrogen-bond donors (Lipinski definition) is 3. The van der Waals surface area contributed by atoms with Crippen molar-refractivity contribution in [2.45, 2.75) is 85.2 Å². The number of ketones is 1. The highest BCUT2D eigenvalue weighted by molar-refractivity contribution is 6.12. The monoisotopic (exact) mass is 690 g/mol. The minimum atomic E-state index is -0.975. The van der Waals surface area contributed by atoms with Crippen LogP contribution in [0.15, 0.2) is 84.9 Å². The van der Waals surface area contributed by atoms with Crippen LogP contribution in [0.4, 0.5) is 5.69 Å². The van der Waals surface area contributed by atoms with Gasteiger partial charge in [0, 0.05) is 22.6 Å². The van der Waals surface area contributed by atoms with Gasteiger partial charge in [-0.2, -0.15) is 0 Å². The first-order valence-corrected chi connectivity index (χ1v) is 18.1. The van der Waals surface area contributed by atoms with E-state index < -0.39 is 29.4 Å². The molecule has 0 heterocycles. The topological polar surface area (TPSA) is 122 Å². The number of ether oxygens (including phenoxy) is 1. The van der Waals surface area contributed by atoms with Crippen molar-refractivity contribution >= 4 is 56.9 Å². The molecule has 5 rings (SSSR count). The summed E-state index contributed by atoms with van der Waals surface area (Å²) in [6, 6.07) is 25.2. The zero-order valence-electron chi connectivity index (χ0n) is 30.2. The van der Waals surface area contributed by atoms with Gasteiger partial charge in [0.25, 0.3) is 0 Å². The maximum absolute atomic E-state index is 13.8. The van der Waals surface area contributed by atoms with E-state index in [1.54, 1.807) is 51.1 Å². The normalized spacial score (nSPS) is 15.7. The number of allylic oxidation sites excluding steroid dienone is 1. The molecule has 1 aliphatic rings. The Morgan fingerprint density at radius 2 is 1.47 bits per heavy atom. The van der Waals surface area contributed by atoms with Gasteiger partial charge in [-0.15, -0.1) is 0 Å². The number of benzene rings is 4. The van der Waals surface area contributed by atoms with E-state index in [1.165, 1.54) is 0 Å². The van der Waals surface area contributed by atoms with E-state index in [1.807, 2.05) is 37.3 Å². The van der Waals surface area contributed by atoms with Crippen molar-refractivity contribution in [2.24, 2.45) is 16.7 Å². The van der Waals surface area contributed by atoms with Crippen LogP contribution in [-0.2, 0) is 19.1 Å². The molecular formula is C43H50N2O6. The number of hydrogen-bond acceptors (Lipinski definition) is 6. The lowest BCUT2D eigenvalue weighted by molar-refractivity contribution is -0.162. The molecule has 51 heavy (non-hydrogen) atoms. The molecule has 4 aromatic rings. The second-order valence-corrected chi connectivity index (χ2v) is 14.7. The fourth-order valence-corrected chi connectivity index (χ4v) is 7.10. The van der Waals surface area contributed by atoms with Crippen LogP contribution in [-0.4, -0.2) is 41.5 Å². The van der Waals surface area contributed by atoms with Crippen LogP contribution in [0.25, 0.3) is 27.6 Å². The van der Waals surface area contributed by atoms with E-state index in [0.717, 1.165) is 59.2 Å². The number of nitrogens with one attached hydrogen (secondary N) is 2. The van der Waals surface area contributed by atoms with Crippen LogP contribution in [0, 0.1) is 16.7 Å². The second kappa shape index (κ2) is 16.5. The highest BCUT2D eigenvalue weighted by Gasteiger charge is 2.42. The number of aliphatic hydroxyl groups is 1. The van der Waals surface area contributed by atoms with Gasteiger partial charge in [0.15, 0.2) is 5.78 Å². The van der Waals surface area contributed by atoms with Crippen molar-refractivity contribution in [3.05, 3.63) is 96.1 Å². The summed E-state index contributed by atoms with van der Waals surface area (Å²) in [5.74, 6) is -1.95. The Hall–Kier alpha value is -4.82. The fourth-order valence-electron chi connectivity index (χ4n) is 7.10. The number of anilines is 1.